The van der Waals surface area contributed by atoms with Crippen molar-refractivity contribution in [1.29, 1.82) is 0 Å². The number of hydrogen-bond donors (Lipinski definition) is 1. The molecule has 0 atom stereocenters. The molecule has 2 aromatic carbocycles. The fraction of sp³-hybridized carbons (Fsp3) is 0.190. The summed E-state index contributed by atoms with van der Waals surface area (Å²) in [6, 6.07) is 11.4. The second-order valence-electron chi connectivity index (χ2n) is 6.90. The molecule has 4 aromatic rings. The summed E-state index contributed by atoms with van der Waals surface area (Å²) >= 11 is 1.41. The van der Waals surface area contributed by atoms with Gasteiger partial charge in [-0.15, -0.1) is 0 Å². The number of hydrogen-bond acceptors (Lipinski definition) is 5. The molecule has 0 radical (unpaired) electrons. The number of fused-ring (bicyclic) bond motifs is 1. The predicted octanol–water partition coefficient (Wildman–Crippen LogP) is 5.00. The number of rotatable bonds is 5. The molecule has 2 aromatic heterocycles. The molecule has 0 saturated heterocycles. The normalized spacial score (nSPS) is 13.7. The summed E-state index contributed by atoms with van der Waals surface area (Å²) in [5, 5.41) is 3.54. The highest BCUT2D eigenvalue weighted by Crippen LogP contribution is 2.40. The first-order valence-electron chi connectivity index (χ1n) is 9.22. The number of benzene rings is 2. The number of anilines is 1. The molecule has 8 heteroatoms. The number of thioether (sulfide) groups is 1. The van der Waals surface area contributed by atoms with E-state index in [1.165, 1.54) is 30.1 Å². The molecule has 0 unspecified atom stereocenters. The van der Waals surface area contributed by atoms with Gasteiger partial charge in [0.2, 0.25) is 0 Å². The van der Waals surface area contributed by atoms with Crippen molar-refractivity contribution >= 4 is 34.5 Å². The fourth-order valence-corrected chi connectivity index (χ4v) is 3.75. The maximum atomic E-state index is 13.3. The van der Waals surface area contributed by atoms with Gasteiger partial charge < -0.3 is 9.73 Å². The number of amides is 1. The zero-order valence-electron chi connectivity index (χ0n) is 15.6. The van der Waals surface area contributed by atoms with E-state index in [0.29, 0.717) is 33.7 Å². The number of carbonyl (C=O) groups is 1. The third-order valence-electron chi connectivity index (χ3n) is 4.82. The van der Waals surface area contributed by atoms with Crippen molar-refractivity contribution in [3.63, 3.8) is 0 Å². The SMILES string of the molecule is CSc1ncc(C(=O)Nc2ccc3oc(C4CC4)nc3c2)n1-c1ccc(F)cc1. The minimum atomic E-state index is -0.336. The van der Waals surface area contributed by atoms with Crippen molar-refractivity contribution in [1.82, 2.24) is 14.5 Å². The first-order valence-corrected chi connectivity index (χ1v) is 10.4. The van der Waals surface area contributed by atoms with Crippen LogP contribution in [-0.2, 0) is 0 Å². The summed E-state index contributed by atoms with van der Waals surface area (Å²) in [6.45, 7) is 0. The third kappa shape index (κ3) is 3.40. The van der Waals surface area contributed by atoms with Gasteiger partial charge >= 0.3 is 0 Å². The Morgan fingerprint density at radius 2 is 2.03 bits per heavy atom. The smallest absolute Gasteiger partial charge is 0.274 e. The van der Waals surface area contributed by atoms with Crippen molar-refractivity contribution in [2.24, 2.45) is 0 Å². The first-order chi connectivity index (χ1) is 14.1. The van der Waals surface area contributed by atoms with Crippen LogP contribution >= 0.6 is 11.8 Å². The summed E-state index contributed by atoms with van der Waals surface area (Å²) in [5.41, 5.74) is 3.09. The van der Waals surface area contributed by atoms with Crippen LogP contribution in [0.3, 0.4) is 0 Å². The summed E-state index contributed by atoms with van der Waals surface area (Å²) in [5.74, 6) is 0.544. The van der Waals surface area contributed by atoms with Crippen LogP contribution < -0.4 is 5.32 Å². The number of aromatic nitrogens is 3. The number of nitrogens with zero attached hydrogens (tertiary/aromatic N) is 3. The minimum absolute atomic E-state index is 0.313. The summed E-state index contributed by atoms with van der Waals surface area (Å²) in [6.07, 6.45) is 5.62. The molecule has 1 N–H and O–H groups in total. The summed E-state index contributed by atoms with van der Waals surface area (Å²) in [7, 11) is 0. The Bertz CT molecular complexity index is 1210. The second-order valence-corrected chi connectivity index (χ2v) is 7.68. The number of halogens is 1. The average molecular weight is 408 g/mol. The summed E-state index contributed by atoms with van der Waals surface area (Å²) < 4.78 is 20.8. The lowest BCUT2D eigenvalue weighted by Gasteiger charge is -2.11. The zero-order chi connectivity index (χ0) is 20.0. The fourth-order valence-electron chi connectivity index (χ4n) is 3.20. The first kappa shape index (κ1) is 17.9. The van der Waals surface area contributed by atoms with E-state index in [0.717, 1.165) is 24.2 Å². The van der Waals surface area contributed by atoms with Gasteiger partial charge in [0.25, 0.3) is 5.91 Å². The van der Waals surface area contributed by atoms with Gasteiger partial charge in [0, 0.05) is 17.3 Å². The lowest BCUT2D eigenvalue weighted by Crippen LogP contribution is -2.16. The molecule has 1 amide bonds. The molecular weight excluding hydrogens is 391 g/mol. The highest BCUT2D eigenvalue weighted by Gasteiger charge is 2.29. The van der Waals surface area contributed by atoms with Crippen molar-refractivity contribution in [2.45, 2.75) is 23.9 Å². The Kier molecular flexibility index (Phi) is 4.35. The topological polar surface area (TPSA) is 73.0 Å². The molecule has 1 saturated carbocycles. The lowest BCUT2D eigenvalue weighted by molar-refractivity contribution is 0.102. The molecule has 0 spiro atoms. The van der Waals surface area contributed by atoms with E-state index in [4.69, 9.17) is 4.42 Å². The highest BCUT2D eigenvalue weighted by molar-refractivity contribution is 7.98. The van der Waals surface area contributed by atoms with Crippen molar-refractivity contribution in [2.75, 3.05) is 11.6 Å². The predicted molar refractivity (Wildman–Crippen MR) is 109 cm³/mol. The Morgan fingerprint density at radius 3 is 2.76 bits per heavy atom. The quantitative estimate of drug-likeness (QED) is 0.470. The second kappa shape index (κ2) is 7.04. The zero-order valence-corrected chi connectivity index (χ0v) is 16.4. The molecular formula is C21H17FN4O2S. The van der Waals surface area contributed by atoms with Crippen LogP contribution in [-0.4, -0.2) is 26.7 Å². The maximum Gasteiger partial charge on any atom is 0.274 e. The van der Waals surface area contributed by atoms with Crippen LogP contribution in [0.25, 0.3) is 16.8 Å². The van der Waals surface area contributed by atoms with Gasteiger partial charge in [-0.3, -0.25) is 9.36 Å². The molecule has 2 heterocycles. The van der Waals surface area contributed by atoms with E-state index < -0.39 is 0 Å². The molecule has 29 heavy (non-hydrogen) atoms. The van der Waals surface area contributed by atoms with E-state index in [1.54, 1.807) is 28.8 Å². The van der Waals surface area contributed by atoms with Gasteiger partial charge in [-0.25, -0.2) is 14.4 Å². The number of imidazole rings is 1. The third-order valence-corrected chi connectivity index (χ3v) is 5.47. The molecule has 1 aliphatic rings. The Morgan fingerprint density at radius 1 is 1.24 bits per heavy atom. The van der Waals surface area contributed by atoms with Crippen LogP contribution in [0, 0.1) is 5.82 Å². The minimum Gasteiger partial charge on any atom is -0.440 e. The average Bonchev–Trinajstić information content (AvgIpc) is 3.34. The van der Waals surface area contributed by atoms with Crippen LogP contribution in [0.5, 0.6) is 0 Å². The largest absolute Gasteiger partial charge is 0.440 e. The number of nitrogens with one attached hydrogen (secondary N) is 1. The van der Waals surface area contributed by atoms with Crippen molar-refractivity contribution < 1.29 is 13.6 Å². The van der Waals surface area contributed by atoms with Gasteiger partial charge in [-0.2, -0.15) is 0 Å². The van der Waals surface area contributed by atoms with Crippen LogP contribution in [0.1, 0.15) is 35.1 Å². The van der Waals surface area contributed by atoms with Gasteiger partial charge in [-0.05, 0) is 61.6 Å². The van der Waals surface area contributed by atoms with Gasteiger partial charge in [0.05, 0.1) is 6.20 Å². The van der Waals surface area contributed by atoms with E-state index in [-0.39, 0.29) is 11.7 Å². The van der Waals surface area contributed by atoms with Crippen molar-refractivity contribution in [3.8, 4) is 5.69 Å². The summed E-state index contributed by atoms with van der Waals surface area (Å²) in [4.78, 5) is 21.8. The van der Waals surface area contributed by atoms with E-state index in [9.17, 15) is 9.18 Å². The van der Waals surface area contributed by atoms with Crippen LogP contribution in [0.15, 0.2) is 58.2 Å². The Hall–Kier alpha value is -3.13. The molecule has 6 nitrogen and oxygen atoms in total. The number of carbonyl (C=O) groups excluding carboxylic acids is 1. The highest BCUT2D eigenvalue weighted by atomic mass is 32.2. The van der Waals surface area contributed by atoms with Crippen LogP contribution in [0.2, 0.25) is 0 Å². The van der Waals surface area contributed by atoms with Gasteiger partial charge in [0.1, 0.15) is 17.0 Å². The Balaban J connectivity index is 1.45. The van der Waals surface area contributed by atoms with Gasteiger partial charge in [-0.1, -0.05) is 11.8 Å². The molecule has 0 bridgehead atoms. The Labute approximate surface area is 170 Å². The van der Waals surface area contributed by atoms with Gasteiger partial charge in [0.15, 0.2) is 16.6 Å². The lowest BCUT2D eigenvalue weighted by atomic mass is 10.2. The molecule has 146 valence electrons. The van der Waals surface area contributed by atoms with E-state index in [2.05, 4.69) is 15.3 Å². The monoisotopic (exact) mass is 408 g/mol. The molecule has 1 aliphatic carbocycles. The van der Waals surface area contributed by atoms with Crippen LogP contribution in [0.4, 0.5) is 10.1 Å². The van der Waals surface area contributed by atoms with E-state index in [1.807, 2.05) is 12.3 Å². The molecule has 1 fully saturated rings. The molecule has 0 aliphatic heterocycles. The van der Waals surface area contributed by atoms with E-state index >= 15 is 0 Å². The standard InChI is InChI=1S/C21H17FN4O2S/c1-29-21-23-11-17(26(21)15-7-4-13(22)5-8-15)19(27)24-14-6-9-18-16(10-14)25-20(28-18)12-2-3-12/h4-12H,2-3H2,1H3,(H,24,27). The van der Waals surface area contributed by atoms with Crippen molar-refractivity contribution in [3.05, 3.63) is 66.1 Å². The number of oxazole rings is 1. The maximum absolute atomic E-state index is 13.3. The molecule has 5 rings (SSSR count).